The second-order valence-corrected chi connectivity index (χ2v) is 11.8. The molecule has 3 heterocycles. The molecule has 1 saturated heterocycles. The highest BCUT2D eigenvalue weighted by Crippen LogP contribution is 2.61. The Bertz CT molecular complexity index is 1080. The maximum atomic E-state index is 13.1. The number of hydrogen-bond acceptors (Lipinski definition) is 9. The molecule has 12 atom stereocenters. The second-order valence-electron chi connectivity index (χ2n) is 11.0. The summed E-state index contributed by atoms with van der Waals surface area (Å²) in [6.45, 7) is 7.37. The van der Waals surface area contributed by atoms with Gasteiger partial charge < -0.3 is 29.2 Å². The topological polar surface area (TPSA) is 112 Å². The minimum absolute atomic E-state index is 0.162. The number of ether oxygens (including phenoxy) is 4. The Morgan fingerprint density at radius 2 is 2.05 bits per heavy atom. The maximum Gasteiger partial charge on any atom is 0.339 e. The van der Waals surface area contributed by atoms with E-state index < -0.39 is 54.2 Å². The van der Waals surface area contributed by atoms with Crippen LogP contribution in [0.25, 0.3) is 0 Å². The first-order valence-electron chi connectivity index (χ1n) is 13.0. The van der Waals surface area contributed by atoms with Gasteiger partial charge in [0.2, 0.25) is 0 Å². The quantitative estimate of drug-likeness (QED) is 0.450. The number of aliphatic hydroxyl groups is 2. The molecule has 0 radical (unpaired) electrons. The summed E-state index contributed by atoms with van der Waals surface area (Å²) in [5.41, 5.74) is 0.463. The van der Waals surface area contributed by atoms with Gasteiger partial charge in [0.15, 0.2) is 6.10 Å². The highest BCUT2D eigenvalue weighted by Gasteiger charge is 2.69. The molecule has 4 bridgehead atoms. The molecule has 5 rings (SSSR count). The van der Waals surface area contributed by atoms with Crippen molar-refractivity contribution in [1.82, 2.24) is 0 Å². The number of esters is 2. The molecule has 202 valence electrons. The Balaban J connectivity index is 1.58. The molecule has 4 aliphatic rings. The number of rotatable bonds is 4. The Labute approximate surface area is 221 Å². The fourth-order valence-electron chi connectivity index (χ4n) is 7.07. The van der Waals surface area contributed by atoms with Crippen LogP contribution in [0.3, 0.4) is 0 Å². The summed E-state index contributed by atoms with van der Waals surface area (Å²) in [5, 5.41) is 25.7. The first-order valence-corrected chi connectivity index (χ1v) is 13.9. The lowest BCUT2D eigenvalue weighted by Gasteiger charge is -2.48. The standard InChI is InChI=1S/C28H36O8S/c1-13-10-14(2)28-18(11-20(33-5)27(32)34-23(13)16(4)29)6-7-19-21(28)22(30)15(3)24(25(19)36-28)35-26(31)17-8-9-37-12-17/h6-10,12-13,15-16,18-25,29-30H,11H2,1-5H3/b14-10+/t13-,15-,16-,18-,19-,20+,21+,22-,23+,24-,25-,28+/m1/s1. The Kier molecular flexibility index (Phi) is 7.13. The van der Waals surface area contributed by atoms with Crippen LogP contribution in [0.15, 0.2) is 40.6 Å². The van der Waals surface area contributed by atoms with Crippen LogP contribution >= 0.6 is 11.3 Å². The highest BCUT2D eigenvalue weighted by atomic mass is 32.1. The van der Waals surface area contributed by atoms with Crippen LogP contribution in [0, 0.1) is 29.6 Å². The molecule has 2 N–H and O–H groups in total. The van der Waals surface area contributed by atoms with Crippen molar-refractivity contribution in [1.29, 1.82) is 0 Å². The predicted octanol–water partition coefficient (Wildman–Crippen LogP) is 3.13. The summed E-state index contributed by atoms with van der Waals surface area (Å²) >= 11 is 1.42. The monoisotopic (exact) mass is 532 g/mol. The van der Waals surface area contributed by atoms with E-state index in [0.717, 1.165) is 5.57 Å². The van der Waals surface area contributed by atoms with Gasteiger partial charge in [0.1, 0.15) is 23.9 Å². The zero-order valence-corrected chi connectivity index (χ0v) is 22.6. The van der Waals surface area contributed by atoms with Crippen LogP contribution in [0.5, 0.6) is 0 Å². The highest BCUT2D eigenvalue weighted by molar-refractivity contribution is 7.08. The van der Waals surface area contributed by atoms with Crippen molar-refractivity contribution in [2.24, 2.45) is 29.6 Å². The Morgan fingerprint density at radius 1 is 1.30 bits per heavy atom. The van der Waals surface area contributed by atoms with E-state index >= 15 is 0 Å². The van der Waals surface area contributed by atoms with E-state index in [1.807, 2.05) is 38.3 Å². The lowest BCUT2D eigenvalue weighted by molar-refractivity contribution is -0.172. The van der Waals surface area contributed by atoms with Gasteiger partial charge in [-0.25, -0.2) is 9.59 Å². The molecule has 0 amide bonds. The molecule has 0 aromatic carbocycles. The van der Waals surface area contributed by atoms with Gasteiger partial charge >= 0.3 is 11.9 Å². The van der Waals surface area contributed by atoms with Gasteiger partial charge in [0.05, 0.1) is 17.8 Å². The molecule has 1 aromatic rings. The largest absolute Gasteiger partial charge is 0.457 e. The molecule has 2 aliphatic heterocycles. The Hall–Kier alpha value is -2.04. The molecular formula is C28H36O8S. The van der Waals surface area contributed by atoms with Crippen LogP contribution in [0.1, 0.15) is 44.5 Å². The van der Waals surface area contributed by atoms with Crippen LogP contribution in [-0.2, 0) is 23.7 Å². The number of methoxy groups -OCH3 is 1. The normalized spacial score (nSPS) is 45.3. The van der Waals surface area contributed by atoms with Crippen LogP contribution < -0.4 is 0 Å². The van der Waals surface area contributed by atoms with Crippen molar-refractivity contribution in [2.45, 2.75) is 76.3 Å². The van der Waals surface area contributed by atoms with Gasteiger partial charge in [-0.3, -0.25) is 0 Å². The molecule has 1 saturated carbocycles. The third-order valence-corrected chi connectivity index (χ3v) is 9.56. The van der Waals surface area contributed by atoms with Crippen molar-refractivity contribution < 1.29 is 38.7 Å². The summed E-state index contributed by atoms with van der Waals surface area (Å²) in [7, 11) is 1.47. The molecule has 2 aliphatic carbocycles. The average Bonchev–Trinajstić information content (AvgIpc) is 3.46. The van der Waals surface area contributed by atoms with Crippen LogP contribution in [-0.4, -0.2) is 71.5 Å². The first kappa shape index (κ1) is 26.6. The molecule has 37 heavy (non-hydrogen) atoms. The second kappa shape index (κ2) is 9.93. The van der Waals surface area contributed by atoms with E-state index in [-0.39, 0.29) is 36.0 Å². The summed E-state index contributed by atoms with van der Waals surface area (Å²) < 4.78 is 24.2. The number of aliphatic hydroxyl groups excluding tert-OH is 2. The molecule has 1 aromatic heterocycles. The number of carbonyl (C=O) groups excluding carboxylic acids is 2. The lowest BCUT2D eigenvalue weighted by atomic mass is 9.57. The molecule has 0 unspecified atom stereocenters. The van der Waals surface area contributed by atoms with E-state index in [0.29, 0.717) is 5.56 Å². The van der Waals surface area contributed by atoms with Crippen LogP contribution in [0.2, 0.25) is 0 Å². The van der Waals surface area contributed by atoms with Gasteiger partial charge in [-0.15, -0.1) is 0 Å². The fraction of sp³-hybridized carbons (Fsp3) is 0.643. The molecule has 8 nitrogen and oxygen atoms in total. The number of cyclic esters (lactones) is 1. The van der Waals surface area contributed by atoms with E-state index in [9.17, 15) is 19.8 Å². The summed E-state index contributed by atoms with van der Waals surface area (Å²) in [4.78, 5) is 26.0. The van der Waals surface area contributed by atoms with Crippen molar-refractivity contribution in [3.63, 3.8) is 0 Å². The zero-order chi connectivity index (χ0) is 26.6. The average molecular weight is 533 g/mol. The van der Waals surface area contributed by atoms with E-state index in [1.54, 1.807) is 18.4 Å². The molecule has 1 spiro atoms. The minimum Gasteiger partial charge on any atom is -0.457 e. The van der Waals surface area contributed by atoms with Gasteiger partial charge in [-0.2, -0.15) is 11.3 Å². The predicted molar refractivity (Wildman–Crippen MR) is 136 cm³/mol. The summed E-state index contributed by atoms with van der Waals surface area (Å²) in [6, 6.07) is 1.72. The molecule has 9 heteroatoms. The molecule has 2 fully saturated rings. The third kappa shape index (κ3) is 4.19. The Morgan fingerprint density at radius 3 is 2.70 bits per heavy atom. The van der Waals surface area contributed by atoms with Gasteiger partial charge in [0.25, 0.3) is 0 Å². The minimum atomic E-state index is -0.923. The third-order valence-electron chi connectivity index (χ3n) is 8.88. The lowest BCUT2D eigenvalue weighted by Crippen LogP contribution is -2.57. The number of carbonyl (C=O) groups is 2. The zero-order valence-electron chi connectivity index (χ0n) is 21.8. The van der Waals surface area contributed by atoms with Crippen molar-refractivity contribution in [3.05, 3.63) is 46.2 Å². The van der Waals surface area contributed by atoms with Crippen molar-refractivity contribution in [3.8, 4) is 0 Å². The van der Waals surface area contributed by atoms with Gasteiger partial charge in [-0.1, -0.05) is 32.1 Å². The van der Waals surface area contributed by atoms with E-state index in [2.05, 4.69) is 6.08 Å². The van der Waals surface area contributed by atoms with Gasteiger partial charge in [0, 0.05) is 42.1 Å². The fourth-order valence-corrected chi connectivity index (χ4v) is 7.70. The summed E-state index contributed by atoms with van der Waals surface area (Å²) in [6.07, 6.45) is 1.97. The smallest absolute Gasteiger partial charge is 0.339 e. The number of hydrogen-bond donors (Lipinski definition) is 2. The van der Waals surface area contributed by atoms with Gasteiger partial charge in [-0.05, 0) is 37.3 Å². The van der Waals surface area contributed by atoms with E-state index in [1.165, 1.54) is 18.4 Å². The van der Waals surface area contributed by atoms with E-state index in [4.69, 9.17) is 18.9 Å². The molecular weight excluding hydrogens is 496 g/mol. The summed E-state index contributed by atoms with van der Waals surface area (Å²) in [5.74, 6) is -2.36. The SMILES string of the molecule is CO[C@H]1C[C@H]2C=C[C@H]3[C@H]4O[C@]2(/C(C)=C/[C@@H](C)[C@@H]([C@@H](C)O)OC1=O)[C@@H]3[C@H](O)[C@@H](C)[C@H]4OC(=O)c1ccsc1. The number of thiophene rings is 1. The van der Waals surface area contributed by atoms with Crippen molar-refractivity contribution in [2.75, 3.05) is 7.11 Å². The van der Waals surface area contributed by atoms with Crippen LogP contribution in [0.4, 0.5) is 0 Å². The maximum absolute atomic E-state index is 13.1. The first-order chi connectivity index (χ1) is 17.6. The van der Waals surface area contributed by atoms with Crippen molar-refractivity contribution >= 4 is 23.3 Å².